The number of methoxy groups -OCH3 is 1. The highest BCUT2D eigenvalue weighted by molar-refractivity contribution is 6.31. The molecule has 0 aliphatic carbocycles. The van der Waals surface area contributed by atoms with Crippen LogP contribution in [0, 0.1) is 0 Å². The summed E-state index contributed by atoms with van der Waals surface area (Å²) in [5.74, 6) is 2.21. The second-order valence-corrected chi connectivity index (χ2v) is 11.2. The third kappa shape index (κ3) is 9.04. The van der Waals surface area contributed by atoms with E-state index >= 15 is 0 Å². The zero-order valence-electron chi connectivity index (χ0n) is 25.2. The third-order valence-corrected chi connectivity index (χ3v) is 7.70. The number of aliphatic hydroxyl groups excluding tert-OH is 1. The number of hydrogen-bond donors (Lipinski definition) is 4. The standard InChI is InChI=1S/C32H41ClN8O3/c1-43-26-19-23(22-42)18-25(21-26)37-31-38-30(39-32(40-31)41-14-16-44-17-15-41)36-12-7-5-3-2-4-6-11-34-28-10-13-35-29-20-24(33)8-9-27(28)29/h8-10,13,18-21,42H,2-7,11-12,14-17,22H2,1H3,(H,34,35)(H2,36,37,38,39,40). The van der Waals surface area contributed by atoms with Crippen LogP contribution in [0.1, 0.15) is 44.1 Å². The average Bonchev–Trinajstić information content (AvgIpc) is 3.05. The Labute approximate surface area is 263 Å². The van der Waals surface area contributed by atoms with E-state index in [-0.39, 0.29) is 6.61 Å². The summed E-state index contributed by atoms with van der Waals surface area (Å²) in [7, 11) is 1.60. The Morgan fingerprint density at radius 1 is 0.886 bits per heavy atom. The van der Waals surface area contributed by atoms with Crippen LogP contribution in [-0.4, -0.2) is 71.5 Å². The highest BCUT2D eigenvalue weighted by atomic mass is 35.5. The molecule has 4 N–H and O–H groups in total. The Morgan fingerprint density at radius 2 is 1.64 bits per heavy atom. The molecule has 0 amide bonds. The Hall–Kier alpha value is -3.93. The van der Waals surface area contributed by atoms with Crippen LogP contribution in [0.4, 0.5) is 29.2 Å². The molecule has 0 unspecified atom stereocenters. The van der Waals surface area contributed by atoms with E-state index in [2.05, 4.69) is 35.8 Å². The summed E-state index contributed by atoms with van der Waals surface area (Å²) in [6.07, 6.45) is 8.67. The van der Waals surface area contributed by atoms with Crippen molar-refractivity contribution in [1.82, 2.24) is 19.9 Å². The third-order valence-electron chi connectivity index (χ3n) is 7.47. The number of ether oxygens (including phenoxy) is 2. The molecule has 0 saturated carbocycles. The van der Waals surface area contributed by atoms with Crippen molar-refractivity contribution in [2.75, 3.05) is 67.4 Å². The number of halogens is 1. The minimum Gasteiger partial charge on any atom is -0.497 e. The van der Waals surface area contributed by atoms with Crippen LogP contribution < -0.4 is 25.6 Å². The van der Waals surface area contributed by atoms with Gasteiger partial charge < -0.3 is 35.4 Å². The van der Waals surface area contributed by atoms with Gasteiger partial charge in [-0.2, -0.15) is 15.0 Å². The lowest BCUT2D eigenvalue weighted by Crippen LogP contribution is -2.37. The van der Waals surface area contributed by atoms with E-state index in [1.807, 2.05) is 42.6 Å². The summed E-state index contributed by atoms with van der Waals surface area (Å²) in [6, 6.07) is 13.3. The summed E-state index contributed by atoms with van der Waals surface area (Å²) in [6.45, 7) is 4.34. The van der Waals surface area contributed by atoms with Gasteiger partial charge in [0.2, 0.25) is 17.8 Å². The van der Waals surface area contributed by atoms with Crippen LogP contribution in [0.2, 0.25) is 5.02 Å². The van der Waals surface area contributed by atoms with Crippen LogP contribution in [0.25, 0.3) is 10.9 Å². The number of unbranched alkanes of at least 4 members (excludes halogenated alkanes) is 5. The van der Waals surface area contributed by atoms with Crippen molar-refractivity contribution in [3.63, 3.8) is 0 Å². The van der Waals surface area contributed by atoms with E-state index in [0.29, 0.717) is 41.8 Å². The summed E-state index contributed by atoms with van der Waals surface area (Å²) in [5.41, 5.74) is 3.47. The maximum absolute atomic E-state index is 9.64. The number of fused-ring (bicyclic) bond motifs is 1. The van der Waals surface area contributed by atoms with E-state index in [0.717, 1.165) is 73.3 Å². The first kappa shape index (κ1) is 31.5. The van der Waals surface area contributed by atoms with Gasteiger partial charge in [-0.1, -0.05) is 37.3 Å². The fourth-order valence-electron chi connectivity index (χ4n) is 5.13. The van der Waals surface area contributed by atoms with Gasteiger partial charge in [0, 0.05) is 60.2 Å². The zero-order valence-corrected chi connectivity index (χ0v) is 25.9. The van der Waals surface area contributed by atoms with Crippen LogP contribution in [-0.2, 0) is 11.3 Å². The number of aromatic nitrogens is 4. The number of nitrogens with zero attached hydrogens (tertiary/aromatic N) is 5. The first-order chi connectivity index (χ1) is 21.6. The number of benzene rings is 2. The molecule has 11 nitrogen and oxygen atoms in total. The van der Waals surface area contributed by atoms with Gasteiger partial charge in [0.1, 0.15) is 5.75 Å². The molecule has 1 saturated heterocycles. The lowest BCUT2D eigenvalue weighted by atomic mass is 10.1. The topological polar surface area (TPSA) is 130 Å². The van der Waals surface area contributed by atoms with Gasteiger partial charge in [0.25, 0.3) is 0 Å². The largest absolute Gasteiger partial charge is 0.497 e. The predicted molar refractivity (Wildman–Crippen MR) is 176 cm³/mol. The number of pyridine rings is 1. The van der Waals surface area contributed by atoms with Gasteiger partial charge in [-0.3, -0.25) is 4.98 Å². The van der Waals surface area contributed by atoms with E-state index in [4.69, 9.17) is 26.1 Å². The summed E-state index contributed by atoms with van der Waals surface area (Å²) in [4.78, 5) is 20.5. The monoisotopic (exact) mass is 620 g/mol. The van der Waals surface area contributed by atoms with Crippen molar-refractivity contribution in [1.29, 1.82) is 0 Å². The number of hydrogen-bond acceptors (Lipinski definition) is 11. The van der Waals surface area contributed by atoms with Crippen molar-refractivity contribution in [2.45, 2.75) is 45.1 Å². The number of anilines is 5. The molecule has 0 spiro atoms. The quantitative estimate of drug-likeness (QED) is 0.110. The summed E-state index contributed by atoms with van der Waals surface area (Å²) < 4.78 is 10.9. The number of nitrogens with one attached hydrogen (secondary N) is 3. The van der Waals surface area contributed by atoms with Crippen molar-refractivity contribution in [2.24, 2.45) is 0 Å². The van der Waals surface area contributed by atoms with Crippen LogP contribution >= 0.6 is 11.6 Å². The Balaban J connectivity index is 1.06. The van der Waals surface area contributed by atoms with E-state index < -0.39 is 0 Å². The Bertz CT molecular complexity index is 1480. The smallest absolute Gasteiger partial charge is 0.233 e. The highest BCUT2D eigenvalue weighted by Gasteiger charge is 2.17. The summed E-state index contributed by atoms with van der Waals surface area (Å²) >= 11 is 6.10. The van der Waals surface area contributed by atoms with Crippen LogP contribution in [0.3, 0.4) is 0 Å². The molecular formula is C32H41ClN8O3. The first-order valence-corrected chi connectivity index (χ1v) is 15.7. The molecule has 1 aliphatic rings. The number of morpholine rings is 1. The molecule has 0 atom stereocenters. The average molecular weight is 621 g/mol. The second-order valence-electron chi connectivity index (χ2n) is 10.7. The lowest BCUT2D eigenvalue weighted by Gasteiger charge is -2.27. The van der Waals surface area contributed by atoms with E-state index in [9.17, 15) is 5.11 Å². The maximum Gasteiger partial charge on any atom is 0.233 e. The molecule has 44 heavy (non-hydrogen) atoms. The minimum atomic E-state index is -0.0924. The van der Waals surface area contributed by atoms with E-state index in [1.54, 1.807) is 13.2 Å². The molecule has 0 bridgehead atoms. The van der Waals surface area contributed by atoms with Gasteiger partial charge >= 0.3 is 0 Å². The zero-order chi connectivity index (χ0) is 30.6. The summed E-state index contributed by atoms with van der Waals surface area (Å²) in [5, 5.41) is 21.6. The molecule has 2 aromatic carbocycles. The first-order valence-electron chi connectivity index (χ1n) is 15.3. The lowest BCUT2D eigenvalue weighted by molar-refractivity contribution is 0.122. The Kier molecular flexibility index (Phi) is 11.6. The normalized spacial score (nSPS) is 13.2. The highest BCUT2D eigenvalue weighted by Crippen LogP contribution is 2.26. The molecule has 234 valence electrons. The SMILES string of the molecule is COc1cc(CO)cc(Nc2nc(NCCCCCCCCNc3ccnc4cc(Cl)ccc34)nc(N3CCOCC3)n2)c1. The van der Waals surface area contributed by atoms with Crippen molar-refractivity contribution < 1.29 is 14.6 Å². The molecule has 2 aromatic heterocycles. The number of rotatable bonds is 16. The molecule has 5 rings (SSSR count). The van der Waals surface area contributed by atoms with Crippen LogP contribution in [0.5, 0.6) is 5.75 Å². The van der Waals surface area contributed by atoms with Gasteiger partial charge in [0.05, 0.1) is 32.4 Å². The van der Waals surface area contributed by atoms with Crippen molar-refractivity contribution in [3.8, 4) is 5.75 Å². The van der Waals surface area contributed by atoms with Crippen LogP contribution in [0.15, 0.2) is 48.7 Å². The van der Waals surface area contributed by atoms with Gasteiger partial charge in [-0.25, -0.2) is 0 Å². The molecule has 1 aliphatic heterocycles. The molecule has 12 heteroatoms. The molecule has 3 heterocycles. The predicted octanol–water partition coefficient (Wildman–Crippen LogP) is 6.02. The minimum absolute atomic E-state index is 0.0924. The molecule has 0 radical (unpaired) electrons. The van der Waals surface area contributed by atoms with E-state index in [1.165, 1.54) is 19.3 Å². The fraction of sp³-hybridized carbons (Fsp3) is 0.438. The number of aliphatic hydroxyl groups is 1. The van der Waals surface area contributed by atoms with Gasteiger partial charge in [-0.15, -0.1) is 0 Å². The second kappa shape index (κ2) is 16.2. The van der Waals surface area contributed by atoms with Gasteiger partial charge in [-0.05, 0) is 54.8 Å². The molecular weight excluding hydrogens is 580 g/mol. The maximum atomic E-state index is 9.64. The molecule has 1 fully saturated rings. The Morgan fingerprint density at radius 3 is 2.41 bits per heavy atom. The van der Waals surface area contributed by atoms with Crippen molar-refractivity contribution >= 4 is 51.7 Å². The fourth-order valence-corrected chi connectivity index (χ4v) is 5.30. The van der Waals surface area contributed by atoms with Gasteiger partial charge in [0.15, 0.2) is 0 Å². The molecule has 4 aromatic rings. The van der Waals surface area contributed by atoms with Crippen molar-refractivity contribution in [3.05, 3.63) is 59.2 Å².